The fourth-order valence-electron chi connectivity index (χ4n) is 3.19. The van der Waals surface area contributed by atoms with Gasteiger partial charge in [0.05, 0.1) is 11.4 Å². The number of nitrogens with one attached hydrogen (secondary N) is 1. The van der Waals surface area contributed by atoms with Crippen molar-refractivity contribution in [3.63, 3.8) is 0 Å². The van der Waals surface area contributed by atoms with Crippen molar-refractivity contribution >= 4 is 11.6 Å². The molecule has 5 nitrogen and oxygen atoms in total. The molecule has 3 rings (SSSR count). The molecular weight excluding hydrogens is 252 g/mol. The predicted octanol–water partition coefficient (Wildman–Crippen LogP) is 1.73. The van der Waals surface area contributed by atoms with Crippen molar-refractivity contribution < 1.29 is 4.79 Å². The van der Waals surface area contributed by atoms with Crippen molar-refractivity contribution in [2.24, 2.45) is 24.8 Å². The van der Waals surface area contributed by atoms with Gasteiger partial charge in [-0.3, -0.25) is 9.48 Å². The SMILES string of the molecule is CCc1nn(C)c(C(=O)NCC(C2CC2)C2CC2)c1N. The second kappa shape index (κ2) is 5.11. The molecule has 3 N–H and O–H groups in total. The van der Waals surface area contributed by atoms with Crippen molar-refractivity contribution in [2.45, 2.75) is 39.0 Å². The molecule has 1 amide bonds. The zero-order valence-corrected chi connectivity index (χ0v) is 12.4. The van der Waals surface area contributed by atoms with Crippen LogP contribution < -0.4 is 11.1 Å². The molecule has 1 aromatic heterocycles. The number of rotatable bonds is 6. The summed E-state index contributed by atoms with van der Waals surface area (Å²) in [7, 11) is 1.78. The second-order valence-corrected chi connectivity index (χ2v) is 6.23. The van der Waals surface area contributed by atoms with E-state index < -0.39 is 0 Å². The monoisotopic (exact) mass is 276 g/mol. The Morgan fingerprint density at radius 1 is 1.40 bits per heavy atom. The zero-order valence-electron chi connectivity index (χ0n) is 12.4. The Morgan fingerprint density at radius 2 is 2.00 bits per heavy atom. The number of nitrogen functional groups attached to an aromatic ring is 1. The first-order valence-electron chi connectivity index (χ1n) is 7.71. The third kappa shape index (κ3) is 2.53. The first kappa shape index (κ1) is 13.5. The molecule has 2 aliphatic rings. The van der Waals surface area contributed by atoms with E-state index in [-0.39, 0.29) is 5.91 Å². The molecule has 0 spiro atoms. The zero-order chi connectivity index (χ0) is 14.3. The Morgan fingerprint density at radius 3 is 2.45 bits per heavy atom. The molecule has 1 heterocycles. The summed E-state index contributed by atoms with van der Waals surface area (Å²) in [5.74, 6) is 2.29. The lowest BCUT2D eigenvalue weighted by Crippen LogP contribution is -2.32. The predicted molar refractivity (Wildman–Crippen MR) is 78.3 cm³/mol. The van der Waals surface area contributed by atoms with Crippen LogP contribution in [0.25, 0.3) is 0 Å². The van der Waals surface area contributed by atoms with Gasteiger partial charge in [0, 0.05) is 13.6 Å². The number of hydrogen-bond donors (Lipinski definition) is 2. The molecule has 2 saturated carbocycles. The molecule has 0 unspecified atom stereocenters. The molecule has 0 saturated heterocycles. The van der Waals surface area contributed by atoms with Crippen LogP contribution in [0.1, 0.15) is 48.8 Å². The number of aromatic nitrogens is 2. The summed E-state index contributed by atoms with van der Waals surface area (Å²) in [5.41, 5.74) is 7.86. The van der Waals surface area contributed by atoms with Crippen molar-refractivity contribution in [1.82, 2.24) is 15.1 Å². The van der Waals surface area contributed by atoms with E-state index in [4.69, 9.17) is 5.73 Å². The van der Waals surface area contributed by atoms with Crippen LogP contribution in [-0.4, -0.2) is 22.2 Å². The summed E-state index contributed by atoms with van der Waals surface area (Å²) in [4.78, 5) is 12.4. The molecule has 20 heavy (non-hydrogen) atoms. The molecule has 0 aliphatic heterocycles. The summed E-state index contributed by atoms with van der Waals surface area (Å²) in [6, 6.07) is 0. The molecule has 0 radical (unpaired) electrons. The van der Waals surface area contributed by atoms with Gasteiger partial charge in [0.15, 0.2) is 0 Å². The topological polar surface area (TPSA) is 72.9 Å². The Balaban J connectivity index is 1.65. The standard InChI is InChI=1S/C15H24N4O/c1-3-12-13(16)14(19(2)18-12)15(20)17-8-11(9-4-5-9)10-6-7-10/h9-11H,3-8,16H2,1-2H3,(H,17,20). The highest BCUT2D eigenvalue weighted by Gasteiger charge is 2.41. The summed E-state index contributed by atoms with van der Waals surface area (Å²) in [5, 5.41) is 7.38. The molecule has 0 atom stereocenters. The largest absolute Gasteiger partial charge is 0.395 e. The van der Waals surface area contributed by atoms with E-state index in [1.165, 1.54) is 25.7 Å². The van der Waals surface area contributed by atoms with Gasteiger partial charge in [-0.2, -0.15) is 5.10 Å². The molecule has 0 aromatic carbocycles. The van der Waals surface area contributed by atoms with E-state index in [0.717, 1.165) is 30.5 Å². The number of amides is 1. The first-order valence-corrected chi connectivity index (χ1v) is 7.71. The summed E-state index contributed by atoms with van der Waals surface area (Å²) in [6.07, 6.45) is 6.10. The lowest BCUT2D eigenvalue weighted by atomic mass is 9.98. The molecule has 2 aliphatic carbocycles. The average molecular weight is 276 g/mol. The van der Waals surface area contributed by atoms with E-state index in [1.807, 2.05) is 6.92 Å². The summed E-state index contributed by atoms with van der Waals surface area (Å²) < 4.78 is 1.60. The van der Waals surface area contributed by atoms with E-state index >= 15 is 0 Å². The van der Waals surface area contributed by atoms with Gasteiger partial charge < -0.3 is 11.1 Å². The molecule has 2 fully saturated rings. The third-order valence-corrected chi connectivity index (χ3v) is 4.66. The van der Waals surface area contributed by atoms with Gasteiger partial charge >= 0.3 is 0 Å². The molecule has 0 bridgehead atoms. The van der Waals surface area contributed by atoms with Crippen LogP contribution in [-0.2, 0) is 13.5 Å². The molecular formula is C15H24N4O. The highest BCUT2D eigenvalue weighted by atomic mass is 16.2. The number of nitrogens with two attached hydrogens (primary N) is 1. The smallest absolute Gasteiger partial charge is 0.271 e. The van der Waals surface area contributed by atoms with Gasteiger partial charge in [0.25, 0.3) is 5.91 Å². The minimum Gasteiger partial charge on any atom is -0.395 e. The van der Waals surface area contributed by atoms with Gasteiger partial charge in [-0.1, -0.05) is 6.92 Å². The maximum Gasteiger partial charge on any atom is 0.271 e. The normalized spacial score (nSPS) is 18.6. The number of hydrogen-bond acceptors (Lipinski definition) is 3. The van der Waals surface area contributed by atoms with E-state index in [9.17, 15) is 4.79 Å². The average Bonchev–Trinajstić information content (AvgIpc) is 3.29. The quantitative estimate of drug-likeness (QED) is 0.831. The highest BCUT2D eigenvalue weighted by molar-refractivity contribution is 5.97. The number of carbonyl (C=O) groups excluding carboxylic acids is 1. The minimum atomic E-state index is -0.0801. The van der Waals surface area contributed by atoms with Crippen molar-refractivity contribution in [1.29, 1.82) is 0 Å². The van der Waals surface area contributed by atoms with Gasteiger partial charge in [-0.05, 0) is 49.9 Å². The van der Waals surface area contributed by atoms with Crippen LogP contribution >= 0.6 is 0 Å². The van der Waals surface area contributed by atoms with Crippen LogP contribution in [0.5, 0.6) is 0 Å². The van der Waals surface area contributed by atoms with Gasteiger partial charge in [-0.15, -0.1) is 0 Å². The first-order chi connectivity index (χ1) is 9.61. The van der Waals surface area contributed by atoms with E-state index in [0.29, 0.717) is 17.3 Å². The maximum absolute atomic E-state index is 12.4. The Hall–Kier alpha value is -1.52. The number of aryl methyl sites for hydroxylation is 2. The Bertz CT molecular complexity index is 502. The molecule has 5 heteroatoms. The van der Waals surface area contributed by atoms with E-state index in [2.05, 4.69) is 10.4 Å². The summed E-state index contributed by atoms with van der Waals surface area (Å²) in [6.45, 7) is 2.79. The number of anilines is 1. The molecule has 1 aromatic rings. The van der Waals surface area contributed by atoms with Crippen molar-refractivity contribution in [3.8, 4) is 0 Å². The van der Waals surface area contributed by atoms with Crippen LogP contribution in [0, 0.1) is 17.8 Å². The lowest BCUT2D eigenvalue weighted by molar-refractivity contribution is 0.0935. The van der Waals surface area contributed by atoms with E-state index in [1.54, 1.807) is 11.7 Å². The van der Waals surface area contributed by atoms with Gasteiger partial charge in [0.2, 0.25) is 0 Å². The second-order valence-electron chi connectivity index (χ2n) is 6.23. The Kier molecular flexibility index (Phi) is 3.44. The van der Waals surface area contributed by atoms with Crippen LogP contribution in [0.3, 0.4) is 0 Å². The highest BCUT2D eigenvalue weighted by Crippen LogP contribution is 2.48. The Labute approximate surface area is 119 Å². The fraction of sp³-hybridized carbons (Fsp3) is 0.733. The summed E-state index contributed by atoms with van der Waals surface area (Å²) >= 11 is 0. The van der Waals surface area contributed by atoms with Gasteiger partial charge in [0.1, 0.15) is 5.69 Å². The van der Waals surface area contributed by atoms with Crippen molar-refractivity contribution in [3.05, 3.63) is 11.4 Å². The van der Waals surface area contributed by atoms with Crippen LogP contribution in [0.4, 0.5) is 5.69 Å². The van der Waals surface area contributed by atoms with Crippen molar-refractivity contribution in [2.75, 3.05) is 12.3 Å². The van der Waals surface area contributed by atoms with Gasteiger partial charge in [-0.25, -0.2) is 0 Å². The number of nitrogens with zero attached hydrogens (tertiary/aromatic N) is 2. The van der Waals surface area contributed by atoms with Crippen LogP contribution in [0.2, 0.25) is 0 Å². The molecule has 110 valence electrons. The minimum absolute atomic E-state index is 0.0801. The number of carbonyl (C=O) groups is 1. The maximum atomic E-state index is 12.4. The lowest BCUT2D eigenvalue weighted by Gasteiger charge is -2.16. The van der Waals surface area contributed by atoms with Crippen LogP contribution in [0.15, 0.2) is 0 Å². The third-order valence-electron chi connectivity index (χ3n) is 4.66. The fourth-order valence-corrected chi connectivity index (χ4v) is 3.19.